The molecule has 1 saturated heterocycles. The number of halogens is 1. The predicted molar refractivity (Wildman–Crippen MR) is 123 cm³/mol. The van der Waals surface area contributed by atoms with Crippen molar-refractivity contribution < 1.29 is 18.7 Å². The molecule has 1 aromatic heterocycles. The van der Waals surface area contributed by atoms with E-state index in [2.05, 4.69) is 25.3 Å². The average molecular weight is 474 g/mol. The van der Waals surface area contributed by atoms with Crippen LogP contribution in [-0.2, 0) is 4.79 Å². The number of benzene rings is 2. The fraction of sp³-hybridized carbons (Fsp3) is 0.286. The molecule has 0 bridgehead atoms. The molecular weight excluding hydrogens is 453 g/mol. The van der Waals surface area contributed by atoms with Gasteiger partial charge >= 0.3 is 0 Å². The second kappa shape index (κ2) is 9.21. The molecular formula is C21H20FN5O3S2. The largest absolute Gasteiger partial charge is 0.454 e. The number of aromatic nitrogens is 2. The van der Waals surface area contributed by atoms with Crippen LogP contribution in [-0.4, -0.2) is 54.8 Å². The Hall–Kier alpha value is -3.05. The Kier molecular flexibility index (Phi) is 5.99. The van der Waals surface area contributed by atoms with Crippen LogP contribution in [0.25, 0.3) is 0 Å². The second-order valence-electron chi connectivity index (χ2n) is 7.21. The molecule has 2 aliphatic heterocycles. The fourth-order valence-electron chi connectivity index (χ4n) is 3.50. The molecule has 3 heterocycles. The summed E-state index contributed by atoms with van der Waals surface area (Å²) in [7, 11) is 0. The Morgan fingerprint density at radius 3 is 2.59 bits per heavy atom. The summed E-state index contributed by atoms with van der Waals surface area (Å²) in [6.45, 7) is 3.46. The Balaban J connectivity index is 1.10. The fourth-order valence-corrected chi connectivity index (χ4v) is 5.19. The molecule has 1 amide bonds. The van der Waals surface area contributed by atoms with E-state index in [9.17, 15) is 9.18 Å². The van der Waals surface area contributed by atoms with Crippen LogP contribution >= 0.6 is 23.1 Å². The van der Waals surface area contributed by atoms with E-state index in [4.69, 9.17) is 9.47 Å². The van der Waals surface area contributed by atoms with Crippen molar-refractivity contribution in [1.29, 1.82) is 0 Å². The van der Waals surface area contributed by atoms with Crippen molar-refractivity contribution in [3.05, 3.63) is 48.3 Å². The lowest BCUT2D eigenvalue weighted by atomic mass is 10.2. The molecule has 5 rings (SSSR count). The maximum Gasteiger partial charge on any atom is 0.234 e. The molecule has 2 aliphatic rings. The predicted octanol–water partition coefficient (Wildman–Crippen LogP) is 3.46. The normalized spacial score (nSPS) is 15.2. The Morgan fingerprint density at radius 2 is 1.78 bits per heavy atom. The summed E-state index contributed by atoms with van der Waals surface area (Å²) in [5, 5.41) is 12.2. The first-order valence-electron chi connectivity index (χ1n) is 10.1. The van der Waals surface area contributed by atoms with Crippen LogP contribution in [0, 0.1) is 5.82 Å². The number of amides is 1. The number of nitrogens with one attached hydrogen (secondary N) is 1. The number of ether oxygens (including phenoxy) is 2. The Bertz CT molecular complexity index is 1100. The summed E-state index contributed by atoms with van der Waals surface area (Å²) < 4.78 is 24.5. The zero-order chi connectivity index (χ0) is 21.9. The van der Waals surface area contributed by atoms with Gasteiger partial charge in [-0.2, -0.15) is 0 Å². The van der Waals surface area contributed by atoms with Crippen molar-refractivity contribution in [1.82, 2.24) is 10.2 Å². The minimum atomic E-state index is -0.226. The van der Waals surface area contributed by atoms with Gasteiger partial charge in [0.1, 0.15) is 5.82 Å². The molecule has 0 spiro atoms. The minimum absolute atomic E-state index is 0.126. The van der Waals surface area contributed by atoms with Gasteiger partial charge in [-0.1, -0.05) is 23.1 Å². The molecule has 0 radical (unpaired) electrons. The molecule has 3 aromatic rings. The van der Waals surface area contributed by atoms with Crippen molar-refractivity contribution in [2.75, 3.05) is 53.8 Å². The molecule has 0 saturated carbocycles. The summed E-state index contributed by atoms with van der Waals surface area (Å²) in [4.78, 5) is 16.7. The zero-order valence-corrected chi connectivity index (χ0v) is 18.6. The zero-order valence-electron chi connectivity index (χ0n) is 17.0. The smallest absolute Gasteiger partial charge is 0.234 e. The summed E-state index contributed by atoms with van der Waals surface area (Å²) in [5.74, 6) is 1.19. The van der Waals surface area contributed by atoms with Gasteiger partial charge in [0.15, 0.2) is 15.8 Å². The Labute approximate surface area is 192 Å². The summed E-state index contributed by atoms with van der Waals surface area (Å²) in [5.41, 5.74) is 1.69. The first-order chi connectivity index (χ1) is 15.6. The lowest BCUT2D eigenvalue weighted by Gasteiger charge is -2.35. The molecule has 166 valence electrons. The minimum Gasteiger partial charge on any atom is -0.454 e. The number of piperazine rings is 1. The Morgan fingerprint density at radius 1 is 1.03 bits per heavy atom. The quantitative estimate of drug-likeness (QED) is 0.546. The molecule has 0 aliphatic carbocycles. The molecule has 1 N–H and O–H groups in total. The van der Waals surface area contributed by atoms with Crippen molar-refractivity contribution in [3.63, 3.8) is 0 Å². The van der Waals surface area contributed by atoms with Crippen molar-refractivity contribution in [3.8, 4) is 11.5 Å². The molecule has 11 heteroatoms. The third kappa shape index (κ3) is 4.73. The molecule has 32 heavy (non-hydrogen) atoms. The number of hydrogen-bond acceptors (Lipinski definition) is 9. The average Bonchev–Trinajstić information content (AvgIpc) is 3.48. The molecule has 0 atom stereocenters. The highest BCUT2D eigenvalue weighted by molar-refractivity contribution is 8.01. The van der Waals surface area contributed by atoms with Crippen LogP contribution < -0.4 is 24.6 Å². The van der Waals surface area contributed by atoms with Crippen molar-refractivity contribution in [2.24, 2.45) is 0 Å². The van der Waals surface area contributed by atoms with Gasteiger partial charge in [-0.15, -0.1) is 10.2 Å². The maximum atomic E-state index is 13.1. The molecule has 2 aromatic carbocycles. The highest BCUT2D eigenvalue weighted by atomic mass is 32.2. The van der Waals surface area contributed by atoms with Gasteiger partial charge in [-0.05, 0) is 36.4 Å². The van der Waals surface area contributed by atoms with E-state index in [0.29, 0.717) is 17.2 Å². The van der Waals surface area contributed by atoms with E-state index in [1.54, 1.807) is 30.3 Å². The number of carbonyl (C=O) groups excluding carboxylic acids is 1. The number of rotatable bonds is 6. The standard InChI is InChI=1S/C21H20FN5O3S2/c22-14-1-4-16(5-2-14)26-7-9-27(10-8-26)20-24-25-21(32-20)31-12-19(28)23-15-3-6-17-18(11-15)30-13-29-17/h1-6,11H,7-10,12-13H2,(H,23,28). The molecule has 1 fully saturated rings. The van der Waals surface area contributed by atoms with Crippen LogP contribution in [0.5, 0.6) is 11.5 Å². The summed E-state index contributed by atoms with van der Waals surface area (Å²) in [6.07, 6.45) is 0. The first kappa shape index (κ1) is 20.8. The number of fused-ring (bicyclic) bond motifs is 1. The van der Waals surface area contributed by atoms with Gasteiger partial charge in [0.2, 0.25) is 17.8 Å². The van der Waals surface area contributed by atoms with Gasteiger partial charge in [0.05, 0.1) is 5.75 Å². The van der Waals surface area contributed by atoms with E-state index >= 15 is 0 Å². The van der Waals surface area contributed by atoms with E-state index < -0.39 is 0 Å². The second-order valence-corrected chi connectivity index (χ2v) is 9.38. The highest BCUT2D eigenvalue weighted by Gasteiger charge is 2.21. The van der Waals surface area contributed by atoms with E-state index in [1.165, 1.54) is 35.2 Å². The van der Waals surface area contributed by atoms with Crippen LogP contribution in [0.4, 0.5) is 20.9 Å². The number of hydrogen-bond donors (Lipinski definition) is 1. The SMILES string of the molecule is O=C(CSc1nnc(N2CCN(c3ccc(F)cc3)CC2)s1)Nc1ccc2c(c1)OCO2. The van der Waals surface area contributed by atoms with Gasteiger partial charge in [-0.3, -0.25) is 4.79 Å². The third-order valence-corrected chi connectivity index (χ3v) is 7.24. The lowest BCUT2D eigenvalue weighted by Crippen LogP contribution is -2.46. The number of carbonyl (C=O) groups is 1. The highest BCUT2D eigenvalue weighted by Crippen LogP contribution is 2.34. The summed E-state index contributed by atoms with van der Waals surface area (Å²) >= 11 is 2.85. The number of nitrogens with zero attached hydrogens (tertiary/aromatic N) is 4. The first-order valence-corrected chi connectivity index (χ1v) is 11.9. The van der Waals surface area contributed by atoms with Crippen LogP contribution in [0.1, 0.15) is 0 Å². The van der Waals surface area contributed by atoms with Gasteiger partial charge in [-0.25, -0.2) is 4.39 Å². The molecule has 0 unspecified atom stereocenters. The van der Waals surface area contributed by atoms with Crippen molar-refractivity contribution in [2.45, 2.75) is 4.34 Å². The number of anilines is 3. The number of thioether (sulfide) groups is 1. The molecule has 8 nitrogen and oxygen atoms in total. The van der Waals surface area contributed by atoms with Crippen LogP contribution in [0.2, 0.25) is 0 Å². The van der Waals surface area contributed by atoms with Gasteiger partial charge < -0.3 is 24.6 Å². The topological polar surface area (TPSA) is 79.8 Å². The third-order valence-electron chi connectivity index (χ3n) is 5.12. The van der Waals surface area contributed by atoms with Crippen LogP contribution in [0.3, 0.4) is 0 Å². The van der Waals surface area contributed by atoms with Gasteiger partial charge in [0, 0.05) is 43.6 Å². The van der Waals surface area contributed by atoms with E-state index in [0.717, 1.165) is 41.3 Å². The lowest BCUT2D eigenvalue weighted by molar-refractivity contribution is -0.113. The summed E-state index contributed by atoms with van der Waals surface area (Å²) in [6, 6.07) is 11.9. The van der Waals surface area contributed by atoms with Gasteiger partial charge in [0.25, 0.3) is 0 Å². The van der Waals surface area contributed by atoms with Crippen LogP contribution in [0.15, 0.2) is 46.8 Å². The van der Waals surface area contributed by atoms with E-state index in [1.807, 2.05) is 0 Å². The monoisotopic (exact) mass is 473 g/mol. The van der Waals surface area contributed by atoms with Crippen molar-refractivity contribution >= 4 is 45.5 Å². The maximum absolute atomic E-state index is 13.1. The van der Waals surface area contributed by atoms with E-state index in [-0.39, 0.29) is 24.3 Å².